The van der Waals surface area contributed by atoms with Crippen molar-refractivity contribution in [1.82, 2.24) is 4.98 Å². The van der Waals surface area contributed by atoms with Crippen LogP contribution in [0.15, 0.2) is 53.5 Å². The summed E-state index contributed by atoms with van der Waals surface area (Å²) in [5, 5.41) is 1.77. The van der Waals surface area contributed by atoms with Crippen LogP contribution in [0.5, 0.6) is 5.75 Å². The van der Waals surface area contributed by atoms with E-state index in [1.54, 1.807) is 12.3 Å². The van der Waals surface area contributed by atoms with Crippen LogP contribution in [0.2, 0.25) is 5.02 Å². The number of H-pyrrole nitrogens is 1. The fourth-order valence-electron chi connectivity index (χ4n) is 4.93. The number of nitrogens with two attached hydrogens (primary N) is 1. The molecule has 1 aliphatic rings. The lowest BCUT2D eigenvalue weighted by molar-refractivity contribution is 0.103. The quantitative estimate of drug-likeness (QED) is 0.514. The molecule has 6 heteroatoms. The number of aromatic nitrogens is 1. The Morgan fingerprint density at radius 3 is 2.61 bits per heavy atom. The Kier molecular flexibility index (Phi) is 6.35. The number of hydrogen-bond acceptors (Lipinski definition) is 3. The van der Waals surface area contributed by atoms with Crippen molar-refractivity contribution in [3.8, 4) is 5.75 Å². The average Bonchev–Trinajstić information content (AvgIpc) is 2.76. The number of ether oxygens (including phenoxy) is 1. The van der Waals surface area contributed by atoms with E-state index < -0.39 is 0 Å². The molecule has 3 N–H and O–H groups in total. The lowest BCUT2D eigenvalue weighted by Crippen LogP contribution is -2.49. The Morgan fingerprint density at radius 1 is 1.23 bits per heavy atom. The Balaban J connectivity index is 1.55. The summed E-state index contributed by atoms with van der Waals surface area (Å²) in [5.41, 5.74) is 7.44. The highest BCUT2D eigenvalue weighted by Gasteiger charge is 2.42. The van der Waals surface area contributed by atoms with Gasteiger partial charge in [0.1, 0.15) is 11.6 Å². The van der Waals surface area contributed by atoms with Gasteiger partial charge in [0.2, 0.25) is 0 Å². The molecule has 0 saturated heterocycles. The summed E-state index contributed by atoms with van der Waals surface area (Å²) in [6.45, 7) is 2.14. The lowest BCUT2D eigenvalue weighted by atomic mass is 9.63. The molecule has 31 heavy (non-hydrogen) atoms. The maximum atomic E-state index is 13.5. The van der Waals surface area contributed by atoms with Crippen LogP contribution in [-0.4, -0.2) is 17.1 Å². The Morgan fingerprint density at radius 2 is 1.94 bits per heavy atom. The van der Waals surface area contributed by atoms with Gasteiger partial charge >= 0.3 is 0 Å². The fourth-order valence-corrected chi connectivity index (χ4v) is 5.13. The monoisotopic (exact) mass is 442 g/mol. The van der Waals surface area contributed by atoms with Crippen LogP contribution in [0.1, 0.15) is 51.0 Å². The molecule has 0 amide bonds. The van der Waals surface area contributed by atoms with Gasteiger partial charge in [-0.05, 0) is 73.4 Å². The fraction of sp³-hybridized carbons (Fsp3) is 0.400. The van der Waals surface area contributed by atoms with Crippen LogP contribution < -0.4 is 16.0 Å². The SMILES string of the molecule is CCC[C@@H](N)C1(c2ccc(F)cc2)CCC(Oc2cc3cc[nH]c(=O)c3cc2Cl)CC1. The first-order chi connectivity index (χ1) is 14.9. The molecular formula is C25H28ClFN2O2. The summed E-state index contributed by atoms with van der Waals surface area (Å²) in [5.74, 6) is 0.363. The van der Waals surface area contributed by atoms with Gasteiger partial charge in [-0.15, -0.1) is 0 Å². The summed E-state index contributed by atoms with van der Waals surface area (Å²) in [4.78, 5) is 14.6. The topological polar surface area (TPSA) is 68.1 Å². The minimum absolute atomic E-state index is 0.0133. The van der Waals surface area contributed by atoms with Crippen LogP contribution in [0.25, 0.3) is 10.8 Å². The van der Waals surface area contributed by atoms with Gasteiger partial charge < -0.3 is 15.5 Å². The molecule has 4 rings (SSSR count). The molecule has 1 fully saturated rings. The molecular weight excluding hydrogens is 415 g/mol. The third-order valence-electron chi connectivity index (χ3n) is 6.67. The van der Waals surface area contributed by atoms with Crippen molar-refractivity contribution in [1.29, 1.82) is 0 Å². The zero-order valence-corrected chi connectivity index (χ0v) is 18.4. The standard InChI is InChI=1S/C25H28ClFN2O2/c1-2-3-23(28)25(17-4-6-18(27)7-5-17)11-8-19(9-12-25)31-22-14-16-10-13-29-24(30)20(16)15-21(22)26/h4-7,10,13-15,19,23H,2-3,8-9,11-12,28H2,1H3,(H,29,30)/t19?,23-,25?/m1/s1. The first-order valence-corrected chi connectivity index (χ1v) is 11.3. The molecule has 1 heterocycles. The third kappa shape index (κ3) is 4.35. The number of pyridine rings is 1. The molecule has 1 aliphatic carbocycles. The molecule has 4 nitrogen and oxygen atoms in total. The molecule has 1 aromatic heterocycles. The lowest BCUT2D eigenvalue weighted by Gasteiger charge is -2.45. The molecule has 164 valence electrons. The first-order valence-electron chi connectivity index (χ1n) is 10.9. The largest absolute Gasteiger partial charge is 0.489 e. The molecule has 0 unspecified atom stereocenters. The van der Waals surface area contributed by atoms with E-state index >= 15 is 0 Å². The number of nitrogens with one attached hydrogen (secondary N) is 1. The maximum absolute atomic E-state index is 13.5. The van der Waals surface area contributed by atoms with Gasteiger partial charge in [-0.3, -0.25) is 4.79 Å². The van der Waals surface area contributed by atoms with Crippen molar-refractivity contribution in [2.45, 2.75) is 63.0 Å². The number of rotatable bonds is 6. The van der Waals surface area contributed by atoms with Crippen molar-refractivity contribution < 1.29 is 9.13 Å². The van der Waals surface area contributed by atoms with Crippen molar-refractivity contribution in [3.05, 3.63) is 75.4 Å². The van der Waals surface area contributed by atoms with E-state index in [-0.39, 0.29) is 28.9 Å². The van der Waals surface area contributed by atoms with E-state index in [4.69, 9.17) is 22.1 Å². The number of halogens is 2. The van der Waals surface area contributed by atoms with Gasteiger partial charge in [-0.1, -0.05) is 37.1 Å². The van der Waals surface area contributed by atoms with Crippen LogP contribution in [-0.2, 0) is 5.41 Å². The van der Waals surface area contributed by atoms with Gasteiger partial charge in [0.05, 0.1) is 11.1 Å². The second-order valence-corrected chi connectivity index (χ2v) is 8.96. The Labute approximate surface area is 186 Å². The van der Waals surface area contributed by atoms with Gasteiger partial charge in [0, 0.05) is 23.0 Å². The van der Waals surface area contributed by atoms with Crippen LogP contribution in [0.4, 0.5) is 4.39 Å². The van der Waals surface area contributed by atoms with E-state index in [0.717, 1.165) is 49.5 Å². The second-order valence-electron chi connectivity index (χ2n) is 8.55. The zero-order valence-electron chi connectivity index (χ0n) is 17.7. The molecule has 3 aromatic rings. The van der Waals surface area contributed by atoms with Crippen molar-refractivity contribution >= 4 is 22.4 Å². The van der Waals surface area contributed by atoms with Crippen molar-refractivity contribution in [2.75, 3.05) is 0 Å². The predicted molar refractivity (Wildman–Crippen MR) is 123 cm³/mol. The number of benzene rings is 2. The summed E-state index contributed by atoms with van der Waals surface area (Å²) in [6.07, 6.45) is 6.97. The summed E-state index contributed by atoms with van der Waals surface area (Å²) >= 11 is 6.42. The predicted octanol–water partition coefficient (Wildman–Crippen LogP) is 5.71. The zero-order chi connectivity index (χ0) is 22.0. The normalized spacial score (nSPS) is 22.4. The molecule has 1 saturated carbocycles. The van der Waals surface area contributed by atoms with Gasteiger partial charge in [-0.2, -0.15) is 0 Å². The maximum Gasteiger partial charge on any atom is 0.255 e. The molecule has 0 spiro atoms. The molecule has 2 aromatic carbocycles. The van der Waals surface area contributed by atoms with Gasteiger partial charge in [0.25, 0.3) is 5.56 Å². The van der Waals surface area contributed by atoms with Crippen molar-refractivity contribution in [3.63, 3.8) is 0 Å². The van der Waals surface area contributed by atoms with Crippen LogP contribution >= 0.6 is 11.6 Å². The van der Waals surface area contributed by atoms with Gasteiger partial charge in [-0.25, -0.2) is 4.39 Å². The van der Waals surface area contributed by atoms with Gasteiger partial charge in [0.15, 0.2) is 0 Å². The highest BCUT2D eigenvalue weighted by molar-refractivity contribution is 6.32. The van der Waals surface area contributed by atoms with E-state index in [9.17, 15) is 9.18 Å². The molecule has 0 radical (unpaired) electrons. The summed E-state index contributed by atoms with van der Waals surface area (Å²) in [6, 6.07) is 12.1. The smallest absolute Gasteiger partial charge is 0.255 e. The van der Waals surface area contributed by atoms with Crippen molar-refractivity contribution in [2.24, 2.45) is 5.73 Å². The summed E-state index contributed by atoms with van der Waals surface area (Å²) in [7, 11) is 0. The first kappa shape index (κ1) is 21.8. The highest BCUT2D eigenvalue weighted by Crippen LogP contribution is 2.44. The van der Waals surface area contributed by atoms with Crippen LogP contribution in [0.3, 0.4) is 0 Å². The minimum atomic E-state index is -0.232. The number of hydrogen-bond donors (Lipinski definition) is 2. The third-order valence-corrected chi connectivity index (χ3v) is 6.97. The van der Waals surface area contributed by atoms with E-state index in [1.807, 2.05) is 24.3 Å². The van der Waals surface area contributed by atoms with E-state index in [0.29, 0.717) is 16.2 Å². The van der Waals surface area contributed by atoms with Crippen LogP contribution in [0, 0.1) is 5.82 Å². The van der Waals surface area contributed by atoms with E-state index in [2.05, 4.69) is 11.9 Å². The Bertz CT molecular complexity index is 1100. The minimum Gasteiger partial charge on any atom is -0.489 e. The molecule has 0 aliphatic heterocycles. The number of aromatic amines is 1. The molecule has 1 atom stereocenters. The highest BCUT2D eigenvalue weighted by atomic mass is 35.5. The molecule has 0 bridgehead atoms. The summed E-state index contributed by atoms with van der Waals surface area (Å²) < 4.78 is 19.8. The second kappa shape index (κ2) is 9.01. The average molecular weight is 443 g/mol. The van der Waals surface area contributed by atoms with E-state index in [1.165, 1.54) is 12.1 Å². The Hall–Kier alpha value is -2.37. The number of fused-ring (bicyclic) bond motifs is 1.